The molecule has 0 fully saturated rings. The first-order valence-electron chi connectivity index (χ1n) is 18.4. The summed E-state index contributed by atoms with van der Waals surface area (Å²) in [6, 6.07) is 34.8. The number of unbranched alkanes of at least 4 members (excludes halogenated alkanes) is 4. The second kappa shape index (κ2) is 14.8. The number of fused-ring (bicyclic) bond motifs is 3. The minimum absolute atomic E-state index is 0.798. The molecule has 5 nitrogen and oxygen atoms in total. The van der Waals surface area contributed by atoms with Gasteiger partial charge in [-0.15, -0.1) is 0 Å². The maximum absolute atomic E-state index is 6.78. The van der Waals surface area contributed by atoms with E-state index < -0.39 is 0 Å². The zero-order valence-electron chi connectivity index (χ0n) is 30.2. The minimum Gasteiger partial charge on any atom is -0.457 e. The standard InChI is InChI=1S/C45H48N4O/c1-6-8-11-15-34-19-22-42-41(28-34)40-21-20-38(30-43(40)48(42)44-25-31(3)23-24-46-44)50-39-27-35(16-12-9-7-2)26-37(29-39)49-33(5)45(32(4)47-49)36-17-13-10-14-18-36/h10,13-14,17-30H,6-9,11-12,15-16H2,1-5H3. The van der Waals surface area contributed by atoms with Crippen molar-refractivity contribution in [3.8, 4) is 34.1 Å². The summed E-state index contributed by atoms with van der Waals surface area (Å²) in [5.74, 6) is 2.53. The van der Waals surface area contributed by atoms with Gasteiger partial charge in [0.25, 0.3) is 0 Å². The lowest BCUT2D eigenvalue weighted by Gasteiger charge is -2.13. The fraction of sp³-hybridized carbons (Fsp3) is 0.289. The monoisotopic (exact) mass is 660 g/mol. The molecule has 0 radical (unpaired) electrons. The minimum atomic E-state index is 0.798. The van der Waals surface area contributed by atoms with Crippen molar-refractivity contribution < 1.29 is 4.74 Å². The van der Waals surface area contributed by atoms with Gasteiger partial charge in [-0.1, -0.05) is 75.9 Å². The van der Waals surface area contributed by atoms with Crippen LogP contribution in [0.4, 0.5) is 0 Å². The maximum Gasteiger partial charge on any atom is 0.137 e. The van der Waals surface area contributed by atoms with Gasteiger partial charge in [0.15, 0.2) is 0 Å². The lowest BCUT2D eigenvalue weighted by atomic mass is 10.0. The number of aryl methyl sites for hydroxylation is 4. The first kappa shape index (κ1) is 33.3. The van der Waals surface area contributed by atoms with Crippen molar-refractivity contribution in [3.05, 3.63) is 131 Å². The summed E-state index contributed by atoms with van der Waals surface area (Å²) in [6.07, 6.45) is 11.2. The Bertz CT molecular complexity index is 2260. The van der Waals surface area contributed by atoms with Crippen molar-refractivity contribution in [2.45, 2.75) is 86.0 Å². The largest absolute Gasteiger partial charge is 0.457 e. The van der Waals surface area contributed by atoms with E-state index in [1.54, 1.807) is 0 Å². The Balaban J connectivity index is 1.31. The summed E-state index contributed by atoms with van der Waals surface area (Å²) in [5.41, 5.74) is 11.6. The highest BCUT2D eigenvalue weighted by molar-refractivity contribution is 6.09. The molecule has 50 heavy (non-hydrogen) atoms. The highest BCUT2D eigenvalue weighted by Crippen LogP contribution is 2.37. The smallest absolute Gasteiger partial charge is 0.137 e. The molecule has 0 aliphatic rings. The van der Waals surface area contributed by atoms with E-state index in [4.69, 9.17) is 14.8 Å². The summed E-state index contributed by atoms with van der Waals surface area (Å²) in [4.78, 5) is 4.82. The highest BCUT2D eigenvalue weighted by atomic mass is 16.5. The van der Waals surface area contributed by atoms with Gasteiger partial charge in [0, 0.05) is 40.4 Å². The van der Waals surface area contributed by atoms with Crippen molar-refractivity contribution in [1.29, 1.82) is 0 Å². The van der Waals surface area contributed by atoms with Crippen LogP contribution in [0.3, 0.4) is 0 Å². The third kappa shape index (κ3) is 6.82. The fourth-order valence-corrected chi connectivity index (χ4v) is 7.34. The summed E-state index contributed by atoms with van der Waals surface area (Å²) >= 11 is 0. The van der Waals surface area contributed by atoms with Gasteiger partial charge in [-0.05, 0) is 117 Å². The van der Waals surface area contributed by atoms with E-state index in [0.717, 1.165) is 64.7 Å². The number of pyridine rings is 1. The van der Waals surface area contributed by atoms with Crippen LogP contribution in [0, 0.1) is 20.8 Å². The molecule has 4 aromatic carbocycles. The molecule has 0 N–H and O–H groups in total. The Kier molecular flexibility index (Phi) is 9.84. The van der Waals surface area contributed by atoms with Gasteiger partial charge in [-0.25, -0.2) is 9.67 Å². The quantitative estimate of drug-likeness (QED) is 0.116. The molecule has 3 aromatic heterocycles. The van der Waals surface area contributed by atoms with E-state index in [1.807, 2.05) is 6.20 Å². The summed E-state index contributed by atoms with van der Waals surface area (Å²) in [6.45, 7) is 10.9. The van der Waals surface area contributed by atoms with E-state index in [0.29, 0.717) is 0 Å². The molecule has 0 aliphatic heterocycles. The van der Waals surface area contributed by atoms with Gasteiger partial charge in [0.05, 0.1) is 22.4 Å². The normalized spacial score (nSPS) is 11.5. The second-order valence-electron chi connectivity index (χ2n) is 13.7. The van der Waals surface area contributed by atoms with E-state index >= 15 is 0 Å². The van der Waals surface area contributed by atoms with Crippen molar-refractivity contribution >= 4 is 21.8 Å². The van der Waals surface area contributed by atoms with Crippen LogP contribution >= 0.6 is 0 Å². The Hall–Kier alpha value is -5.16. The molecule has 0 amide bonds. The Labute approximate surface area is 296 Å². The van der Waals surface area contributed by atoms with Gasteiger partial charge >= 0.3 is 0 Å². The van der Waals surface area contributed by atoms with Crippen molar-refractivity contribution in [2.75, 3.05) is 0 Å². The average molecular weight is 661 g/mol. The summed E-state index contributed by atoms with van der Waals surface area (Å²) in [5, 5.41) is 7.50. The number of aromatic nitrogens is 4. The topological polar surface area (TPSA) is 44.9 Å². The molecule has 7 rings (SSSR count). The van der Waals surface area contributed by atoms with Gasteiger partial charge in [0.2, 0.25) is 0 Å². The molecular weight excluding hydrogens is 613 g/mol. The molecule has 0 aliphatic carbocycles. The Morgan fingerprint density at radius 3 is 2.18 bits per heavy atom. The van der Waals surface area contributed by atoms with Crippen LogP contribution in [0.5, 0.6) is 11.5 Å². The predicted octanol–water partition coefficient (Wildman–Crippen LogP) is 12.2. The van der Waals surface area contributed by atoms with Gasteiger partial charge in [-0.3, -0.25) is 4.57 Å². The van der Waals surface area contributed by atoms with E-state index in [-0.39, 0.29) is 0 Å². The van der Waals surface area contributed by atoms with Crippen LogP contribution in [-0.4, -0.2) is 19.3 Å². The number of rotatable bonds is 13. The second-order valence-corrected chi connectivity index (χ2v) is 13.7. The zero-order valence-corrected chi connectivity index (χ0v) is 30.2. The van der Waals surface area contributed by atoms with E-state index in [2.05, 4.69) is 141 Å². The molecule has 5 heteroatoms. The number of nitrogens with zero attached hydrogens (tertiary/aromatic N) is 4. The van der Waals surface area contributed by atoms with Crippen molar-refractivity contribution in [1.82, 2.24) is 19.3 Å². The Morgan fingerprint density at radius 2 is 1.42 bits per heavy atom. The SMILES string of the molecule is CCCCCc1cc(Oc2ccc3c4cc(CCCCC)ccc4n(-c4cc(C)ccn4)c3c2)cc(-n2nc(C)c(-c3ccccc3)c2C)c1. The third-order valence-corrected chi connectivity index (χ3v) is 9.86. The molecule has 254 valence electrons. The molecule has 0 spiro atoms. The molecule has 7 aromatic rings. The van der Waals surface area contributed by atoms with E-state index in [9.17, 15) is 0 Å². The van der Waals surface area contributed by atoms with Crippen molar-refractivity contribution in [3.63, 3.8) is 0 Å². The molecule has 0 saturated carbocycles. The first-order valence-corrected chi connectivity index (χ1v) is 18.4. The number of hydrogen-bond acceptors (Lipinski definition) is 3. The number of benzene rings is 4. The van der Waals surface area contributed by atoms with Crippen LogP contribution < -0.4 is 4.74 Å². The van der Waals surface area contributed by atoms with Crippen molar-refractivity contribution in [2.24, 2.45) is 0 Å². The predicted molar refractivity (Wildman–Crippen MR) is 208 cm³/mol. The lowest BCUT2D eigenvalue weighted by Crippen LogP contribution is -2.02. The van der Waals surface area contributed by atoms with Crippen LogP contribution in [-0.2, 0) is 12.8 Å². The van der Waals surface area contributed by atoms with Gasteiger partial charge in [-0.2, -0.15) is 5.10 Å². The molecule has 3 heterocycles. The third-order valence-electron chi connectivity index (χ3n) is 9.86. The molecular formula is C45H48N4O. The number of ether oxygens (including phenoxy) is 1. The van der Waals surface area contributed by atoms with Crippen LogP contribution in [0.15, 0.2) is 103 Å². The van der Waals surface area contributed by atoms with Crippen LogP contribution in [0.2, 0.25) is 0 Å². The molecule has 0 saturated heterocycles. The highest BCUT2D eigenvalue weighted by Gasteiger charge is 2.18. The summed E-state index contributed by atoms with van der Waals surface area (Å²) < 4.78 is 11.1. The average Bonchev–Trinajstić information content (AvgIpc) is 3.60. The van der Waals surface area contributed by atoms with Gasteiger partial charge < -0.3 is 4.74 Å². The van der Waals surface area contributed by atoms with Gasteiger partial charge in [0.1, 0.15) is 17.3 Å². The molecule has 0 bridgehead atoms. The zero-order chi connectivity index (χ0) is 34.6. The van der Waals surface area contributed by atoms with Crippen LogP contribution in [0.1, 0.15) is 80.5 Å². The fourth-order valence-electron chi connectivity index (χ4n) is 7.34. The lowest BCUT2D eigenvalue weighted by molar-refractivity contribution is 0.482. The molecule has 0 atom stereocenters. The maximum atomic E-state index is 6.78. The summed E-state index contributed by atoms with van der Waals surface area (Å²) in [7, 11) is 0. The van der Waals surface area contributed by atoms with Crippen LogP contribution in [0.25, 0.3) is 44.4 Å². The number of hydrogen-bond donors (Lipinski definition) is 0. The Morgan fingerprint density at radius 1 is 0.640 bits per heavy atom. The van der Waals surface area contributed by atoms with E-state index in [1.165, 1.54) is 70.7 Å². The molecule has 0 unspecified atom stereocenters. The first-order chi connectivity index (χ1) is 24.4.